The summed E-state index contributed by atoms with van der Waals surface area (Å²) in [7, 11) is 0. The lowest BCUT2D eigenvalue weighted by molar-refractivity contribution is 0.151. The molecule has 0 unspecified atom stereocenters. The van der Waals surface area contributed by atoms with E-state index >= 15 is 0 Å². The lowest BCUT2D eigenvalue weighted by Crippen LogP contribution is -2.50. The number of piperazine rings is 1. The second kappa shape index (κ2) is 7.37. The highest BCUT2D eigenvalue weighted by molar-refractivity contribution is 7.80. The van der Waals surface area contributed by atoms with Gasteiger partial charge in [0.2, 0.25) is 0 Å². The van der Waals surface area contributed by atoms with Crippen LogP contribution in [0.15, 0.2) is 30.3 Å². The van der Waals surface area contributed by atoms with Crippen LogP contribution in [0, 0.1) is 5.41 Å². The maximum Gasteiger partial charge on any atom is 0.0367 e. The number of anilines is 1. The third-order valence-electron chi connectivity index (χ3n) is 4.89. The number of hydrogen-bond acceptors (Lipinski definition) is 3. The van der Waals surface area contributed by atoms with Gasteiger partial charge in [0, 0.05) is 38.4 Å². The first-order valence-corrected chi connectivity index (χ1v) is 8.49. The molecule has 0 saturated carbocycles. The van der Waals surface area contributed by atoms with E-state index in [1.54, 1.807) is 0 Å². The van der Waals surface area contributed by atoms with Gasteiger partial charge in [0.25, 0.3) is 0 Å². The maximum atomic E-state index is 4.60. The largest absolute Gasteiger partial charge is 0.369 e. The van der Waals surface area contributed by atoms with Gasteiger partial charge in [0.1, 0.15) is 0 Å². The summed E-state index contributed by atoms with van der Waals surface area (Å²) in [5, 5.41) is 0. The molecule has 0 N–H and O–H groups in total. The average molecular weight is 292 g/mol. The quantitative estimate of drug-likeness (QED) is 0.801. The predicted octanol–water partition coefficient (Wildman–Crippen LogP) is 3.54. The Hall–Kier alpha value is -0.670. The van der Waals surface area contributed by atoms with E-state index < -0.39 is 0 Å². The topological polar surface area (TPSA) is 6.48 Å². The van der Waals surface area contributed by atoms with E-state index in [1.807, 2.05) is 0 Å². The van der Waals surface area contributed by atoms with Gasteiger partial charge in [-0.3, -0.25) is 4.90 Å². The molecule has 2 rings (SSSR count). The zero-order valence-electron chi connectivity index (χ0n) is 12.9. The Kier molecular flexibility index (Phi) is 5.79. The van der Waals surface area contributed by atoms with Crippen LogP contribution < -0.4 is 4.90 Å². The van der Waals surface area contributed by atoms with E-state index in [0.717, 1.165) is 18.8 Å². The molecule has 1 saturated heterocycles. The summed E-state index contributed by atoms with van der Waals surface area (Å²) < 4.78 is 0. The lowest BCUT2D eigenvalue weighted by atomic mass is 9.83. The fourth-order valence-electron chi connectivity index (χ4n) is 3.02. The Bertz CT molecular complexity index is 373. The van der Waals surface area contributed by atoms with Gasteiger partial charge in [-0.2, -0.15) is 12.6 Å². The highest BCUT2D eigenvalue weighted by Crippen LogP contribution is 2.29. The number of hydrogen-bond donors (Lipinski definition) is 1. The van der Waals surface area contributed by atoms with Gasteiger partial charge < -0.3 is 4.90 Å². The Morgan fingerprint density at radius 1 is 1.00 bits per heavy atom. The number of para-hydroxylation sites is 1. The summed E-state index contributed by atoms with van der Waals surface area (Å²) in [5.74, 6) is 0.999. The molecule has 0 radical (unpaired) electrons. The molecule has 1 heterocycles. The summed E-state index contributed by atoms with van der Waals surface area (Å²) in [4.78, 5) is 5.12. The van der Waals surface area contributed by atoms with Crippen LogP contribution in [0.3, 0.4) is 0 Å². The van der Waals surface area contributed by atoms with Crippen molar-refractivity contribution in [3.63, 3.8) is 0 Å². The van der Waals surface area contributed by atoms with Crippen LogP contribution in [0.5, 0.6) is 0 Å². The van der Waals surface area contributed by atoms with Crippen molar-refractivity contribution < 1.29 is 0 Å². The molecule has 0 aliphatic carbocycles. The minimum Gasteiger partial charge on any atom is -0.369 e. The first-order valence-electron chi connectivity index (χ1n) is 7.86. The number of benzene rings is 1. The number of thiol groups is 1. The highest BCUT2D eigenvalue weighted by atomic mass is 32.1. The molecule has 3 heteroatoms. The fourth-order valence-corrected chi connectivity index (χ4v) is 3.57. The van der Waals surface area contributed by atoms with Crippen LogP contribution in [0.1, 0.15) is 26.7 Å². The molecular formula is C17H28N2S. The first kappa shape index (κ1) is 15.7. The molecular weight excluding hydrogens is 264 g/mol. The monoisotopic (exact) mass is 292 g/mol. The molecule has 0 spiro atoms. The van der Waals surface area contributed by atoms with Gasteiger partial charge in [0.05, 0.1) is 0 Å². The molecule has 1 aliphatic rings. The van der Waals surface area contributed by atoms with Gasteiger partial charge in [-0.1, -0.05) is 32.0 Å². The Labute approximate surface area is 129 Å². The molecule has 0 bridgehead atoms. The lowest BCUT2D eigenvalue weighted by Gasteiger charge is -2.41. The Morgan fingerprint density at radius 2 is 1.60 bits per heavy atom. The SMILES string of the molecule is CCC(CC)(CS)CN1CCN(c2ccccc2)CC1. The van der Waals surface area contributed by atoms with Crippen LogP contribution in [0.4, 0.5) is 5.69 Å². The van der Waals surface area contributed by atoms with Crippen LogP contribution in [-0.2, 0) is 0 Å². The van der Waals surface area contributed by atoms with E-state index in [0.29, 0.717) is 5.41 Å². The van der Waals surface area contributed by atoms with E-state index in [1.165, 1.54) is 38.2 Å². The van der Waals surface area contributed by atoms with Gasteiger partial charge in [-0.15, -0.1) is 0 Å². The predicted molar refractivity (Wildman–Crippen MR) is 92.0 cm³/mol. The third-order valence-corrected chi connectivity index (χ3v) is 5.56. The Balaban J connectivity index is 1.88. The van der Waals surface area contributed by atoms with Gasteiger partial charge in [0.15, 0.2) is 0 Å². The molecule has 112 valence electrons. The molecule has 2 nitrogen and oxygen atoms in total. The van der Waals surface area contributed by atoms with Crippen molar-refractivity contribution in [1.82, 2.24) is 4.90 Å². The van der Waals surface area contributed by atoms with Crippen molar-refractivity contribution in [1.29, 1.82) is 0 Å². The molecule has 1 aromatic rings. The van der Waals surface area contributed by atoms with Crippen LogP contribution in [0.25, 0.3) is 0 Å². The Morgan fingerprint density at radius 3 is 2.10 bits per heavy atom. The van der Waals surface area contributed by atoms with E-state index in [2.05, 4.69) is 66.6 Å². The summed E-state index contributed by atoms with van der Waals surface area (Å²) in [5.41, 5.74) is 1.76. The van der Waals surface area contributed by atoms with E-state index in [9.17, 15) is 0 Å². The molecule has 1 fully saturated rings. The zero-order chi connectivity index (χ0) is 14.4. The molecule has 0 amide bonds. The van der Waals surface area contributed by atoms with Crippen LogP contribution in [0.2, 0.25) is 0 Å². The van der Waals surface area contributed by atoms with Crippen molar-refractivity contribution >= 4 is 18.3 Å². The average Bonchev–Trinajstić information content (AvgIpc) is 2.54. The second-order valence-electron chi connectivity index (χ2n) is 5.96. The minimum atomic E-state index is 0.401. The third kappa shape index (κ3) is 3.70. The molecule has 1 aliphatic heterocycles. The first-order chi connectivity index (χ1) is 9.73. The van der Waals surface area contributed by atoms with Crippen molar-refractivity contribution in [3.8, 4) is 0 Å². The summed E-state index contributed by atoms with van der Waals surface area (Å²) >= 11 is 4.60. The molecule has 0 atom stereocenters. The molecule has 1 aromatic carbocycles. The minimum absolute atomic E-state index is 0.401. The van der Waals surface area contributed by atoms with Crippen molar-refractivity contribution in [2.24, 2.45) is 5.41 Å². The fraction of sp³-hybridized carbons (Fsp3) is 0.647. The summed E-state index contributed by atoms with van der Waals surface area (Å²) in [6, 6.07) is 10.8. The number of nitrogens with zero attached hydrogens (tertiary/aromatic N) is 2. The van der Waals surface area contributed by atoms with Crippen molar-refractivity contribution in [3.05, 3.63) is 30.3 Å². The normalized spacial score (nSPS) is 17.4. The molecule has 20 heavy (non-hydrogen) atoms. The van der Waals surface area contributed by atoms with Crippen molar-refractivity contribution in [2.75, 3.05) is 43.4 Å². The summed E-state index contributed by atoms with van der Waals surface area (Å²) in [6.07, 6.45) is 2.46. The van der Waals surface area contributed by atoms with Gasteiger partial charge >= 0.3 is 0 Å². The van der Waals surface area contributed by atoms with Gasteiger partial charge in [-0.25, -0.2) is 0 Å². The maximum absolute atomic E-state index is 4.60. The zero-order valence-corrected chi connectivity index (χ0v) is 13.8. The van der Waals surface area contributed by atoms with Crippen LogP contribution in [-0.4, -0.2) is 43.4 Å². The van der Waals surface area contributed by atoms with Crippen molar-refractivity contribution in [2.45, 2.75) is 26.7 Å². The summed E-state index contributed by atoms with van der Waals surface area (Å²) in [6.45, 7) is 10.4. The number of rotatable bonds is 6. The van der Waals surface area contributed by atoms with Gasteiger partial charge in [-0.05, 0) is 36.1 Å². The molecule has 0 aromatic heterocycles. The van der Waals surface area contributed by atoms with Crippen LogP contribution >= 0.6 is 12.6 Å². The standard InChI is InChI=1S/C17H28N2S/c1-3-17(4-2,15-20)14-18-10-12-19(13-11-18)16-8-6-5-7-9-16/h5-9,20H,3-4,10-15H2,1-2H3. The smallest absolute Gasteiger partial charge is 0.0367 e. The van der Waals surface area contributed by atoms with E-state index in [-0.39, 0.29) is 0 Å². The highest BCUT2D eigenvalue weighted by Gasteiger charge is 2.29. The second-order valence-corrected chi connectivity index (χ2v) is 6.28. The van der Waals surface area contributed by atoms with E-state index in [4.69, 9.17) is 0 Å².